The van der Waals surface area contributed by atoms with Gasteiger partial charge in [0.05, 0.1) is 12.1 Å². The monoisotopic (exact) mass is 301 g/mol. The summed E-state index contributed by atoms with van der Waals surface area (Å²) in [6.07, 6.45) is 3.29. The van der Waals surface area contributed by atoms with Gasteiger partial charge in [-0.1, -0.05) is 12.8 Å². The summed E-state index contributed by atoms with van der Waals surface area (Å²) < 4.78 is 5.78. The molecule has 2 rings (SSSR count). The molecule has 17 heavy (non-hydrogen) atoms. The number of halogens is 1. The molecule has 1 N–H and O–H groups in total. The van der Waals surface area contributed by atoms with Gasteiger partial charge in [-0.2, -0.15) is 0 Å². The van der Waals surface area contributed by atoms with Gasteiger partial charge in [-0.3, -0.25) is 4.79 Å². The Balaban J connectivity index is 2.08. The Bertz CT molecular complexity index is 404. The van der Waals surface area contributed by atoms with Crippen LogP contribution < -0.4 is 0 Å². The molecule has 0 spiro atoms. The third kappa shape index (κ3) is 2.72. The van der Waals surface area contributed by atoms with Gasteiger partial charge in [-0.15, -0.1) is 0 Å². The Morgan fingerprint density at radius 2 is 2.18 bits per heavy atom. The summed E-state index contributed by atoms with van der Waals surface area (Å²) in [6.45, 7) is 0. The quantitative estimate of drug-likeness (QED) is 0.913. The number of amides is 1. The summed E-state index contributed by atoms with van der Waals surface area (Å²) >= 11 is 3.17. The number of aliphatic hydroxyl groups is 1. The van der Waals surface area contributed by atoms with E-state index in [1.807, 2.05) is 0 Å². The SMILES string of the molecule is CN(C(=O)c1ccc(Br)o1)C1CCCCC1O. The fraction of sp³-hybridized carbons (Fsp3) is 0.583. The second-order valence-corrected chi connectivity index (χ2v) is 5.22. The van der Waals surface area contributed by atoms with Crippen molar-refractivity contribution in [2.24, 2.45) is 0 Å². The summed E-state index contributed by atoms with van der Waals surface area (Å²) in [4.78, 5) is 13.7. The predicted octanol–water partition coefficient (Wildman–Crippen LogP) is 2.42. The van der Waals surface area contributed by atoms with E-state index in [-0.39, 0.29) is 11.9 Å². The topological polar surface area (TPSA) is 53.7 Å². The first-order valence-corrected chi connectivity index (χ1v) is 6.59. The summed E-state index contributed by atoms with van der Waals surface area (Å²) in [5.74, 6) is 0.124. The first-order valence-electron chi connectivity index (χ1n) is 5.80. The lowest BCUT2D eigenvalue weighted by Crippen LogP contribution is -2.46. The molecule has 1 aromatic rings. The molecule has 0 bridgehead atoms. The van der Waals surface area contributed by atoms with Crippen molar-refractivity contribution >= 4 is 21.8 Å². The number of likely N-dealkylation sites (N-methyl/N-ethyl adjacent to an activating group) is 1. The van der Waals surface area contributed by atoms with Crippen LogP contribution in [0.2, 0.25) is 0 Å². The van der Waals surface area contributed by atoms with Crippen molar-refractivity contribution in [3.05, 3.63) is 22.6 Å². The van der Waals surface area contributed by atoms with E-state index in [1.165, 1.54) is 0 Å². The van der Waals surface area contributed by atoms with Crippen LogP contribution in [-0.4, -0.2) is 35.1 Å². The highest BCUT2D eigenvalue weighted by Gasteiger charge is 2.30. The molecule has 0 radical (unpaired) electrons. The minimum atomic E-state index is -0.420. The van der Waals surface area contributed by atoms with Crippen molar-refractivity contribution < 1.29 is 14.3 Å². The van der Waals surface area contributed by atoms with E-state index >= 15 is 0 Å². The number of aliphatic hydroxyl groups excluding tert-OH is 1. The molecule has 1 aliphatic carbocycles. The number of carbonyl (C=O) groups is 1. The van der Waals surface area contributed by atoms with Gasteiger partial charge in [0.1, 0.15) is 0 Å². The highest BCUT2D eigenvalue weighted by molar-refractivity contribution is 9.10. The standard InChI is InChI=1S/C12H16BrNO3/c1-14(8-4-2-3-5-9(8)15)12(16)10-6-7-11(13)17-10/h6-9,15H,2-5H2,1H3. The van der Waals surface area contributed by atoms with Gasteiger partial charge in [0.15, 0.2) is 10.4 Å². The van der Waals surface area contributed by atoms with E-state index in [2.05, 4.69) is 15.9 Å². The van der Waals surface area contributed by atoms with Crippen LogP contribution in [0.3, 0.4) is 0 Å². The molecule has 4 nitrogen and oxygen atoms in total. The van der Waals surface area contributed by atoms with Crippen molar-refractivity contribution in [2.75, 3.05) is 7.05 Å². The van der Waals surface area contributed by atoms with Crippen LogP contribution in [0.15, 0.2) is 21.2 Å². The minimum Gasteiger partial charge on any atom is -0.444 e. The number of hydrogen-bond donors (Lipinski definition) is 1. The highest BCUT2D eigenvalue weighted by Crippen LogP contribution is 2.24. The maximum atomic E-state index is 12.1. The lowest BCUT2D eigenvalue weighted by molar-refractivity contribution is 0.0249. The Kier molecular flexibility index (Phi) is 3.89. The zero-order valence-corrected chi connectivity index (χ0v) is 11.3. The number of rotatable bonds is 2. The fourth-order valence-corrected chi connectivity index (χ4v) is 2.60. The van der Waals surface area contributed by atoms with E-state index in [0.29, 0.717) is 10.4 Å². The molecule has 0 aromatic carbocycles. The van der Waals surface area contributed by atoms with E-state index < -0.39 is 6.10 Å². The average molecular weight is 302 g/mol. The molecule has 1 saturated carbocycles. The van der Waals surface area contributed by atoms with E-state index in [9.17, 15) is 9.90 Å². The number of nitrogens with zero attached hydrogens (tertiary/aromatic N) is 1. The normalized spacial score (nSPS) is 24.6. The molecule has 1 amide bonds. The van der Waals surface area contributed by atoms with Crippen molar-refractivity contribution in [1.82, 2.24) is 4.90 Å². The Hall–Kier alpha value is -0.810. The fourth-order valence-electron chi connectivity index (χ4n) is 2.30. The molecule has 2 unspecified atom stereocenters. The van der Waals surface area contributed by atoms with Crippen molar-refractivity contribution in [2.45, 2.75) is 37.8 Å². The van der Waals surface area contributed by atoms with Crippen LogP contribution in [0, 0.1) is 0 Å². The van der Waals surface area contributed by atoms with E-state index in [0.717, 1.165) is 25.7 Å². The smallest absolute Gasteiger partial charge is 0.289 e. The summed E-state index contributed by atoms with van der Waals surface area (Å²) in [5, 5.41) is 9.91. The third-order valence-electron chi connectivity index (χ3n) is 3.30. The van der Waals surface area contributed by atoms with E-state index in [1.54, 1.807) is 24.1 Å². The zero-order valence-electron chi connectivity index (χ0n) is 9.73. The van der Waals surface area contributed by atoms with Crippen molar-refractivity contribution in [3.8, 4) is 0 Å². The second-order valence-electron chi connectivity index (χ2n) is 4.44. The maximum Gasteiger partial charge on any atom is 0.289 e. The van der Waals surface area contributed by atoms with Gasteiger partial charge >= 0.3 is 0 Å². The molecular formula is C12H16BrNO3. The minimum absolute atomic E-state index is 0.0971. The van der Waals surface area contributed by atoms with Crippen LogP contribution in [0.1, 0.15) is 36.2 Å². The maximum absolute atomic E-state index is 12.1. The van der Waals surface area contributed by atoms with Gasteiger partial charge in [-0.05, 0) is 40.9 Å². The molecule has 5 heteroatoms. The molecule has 1 aromatic heterocycles. The first kappa shape index (κ1) is 12.6. The summed E-state index contributed by atoms with van der Waals surface area (Å²) in [5.41, 5.74) is 0. The van der Waals surface area contributed by atoms with Gasteiger partial charge in [-0.25, -0.2) is 0 Å². The molecular weight excluding hydrogens is 286 g/mol. The van der Waals surface area contributed by atoms with Crippen LogP contribution in [0.25, 0.3) is 0 Å². The molecule has 1 aliphatic rings. The third-order valence-corrected chi connectivity index (χ3v) is 3.72. The molecule has 1 fully saturated rings. The van der Waals surface area contributed by atoms with Crippen molar-refractivity contribution in [1.29, 1.82) is 0 Å². The van der Waals surface area contributed by atoms with Gasteiger partial charge in [0.2, 0.25) is 0 Å². The molecule has 94 valence electrons. The Morgan fingerprint density at radius 3 is 2.76 bits per heavy atom. The van der Waals surface area contributed by atoms with Gasteiger partial charge in [0.25, 0.3) is 5.91 Å². The lowest BCUT2D eigenvalue weighted by Gasteiger charge is -2.34. The van der Waals surface area contributed by atoms with Crippen LogP contribution in [0.5, 0.6) is 0 Å². The molecule has 0 saturated heterocycles. The summed E-state index contributed by atoms with van der Waals surface area (Å²) in [7, 11) is 1.72. The second kappa shape index (κ2) is 5.23. The van der Waals surface area contributed by atoms with E-state index in [4.69, 9.17) is 4.42 Å². The first-order chi connectivity index (χ1) is 8.09. The van der Waals surface area contributed by atoms with Crippen LogP contribution in [0.4, 0.5) is 0 Å². The molecule has 1 heterocycles. The van der Waals surface area contributed by atoms with Gasteiger partial charge in [0, 0.05) is 7.05 Å². The van der Waals surface area contributed by atoms with Crippen molar-refractivity contribution in [3.63, 3.8) is 0 Å². The largest absolute Gasteiger partial charge is 0.444 e. The zero-order chi connectivity index (χ0) is 12.4. The Morgan fingerprint density at radius 1 is 1.47 bits per heavy atom. The summed E-state index contributed by atoms with van der Waals surface area (Å²) in [6, 6.07) is 3.23. The Labute approximate surface area is 109 Å². The van der Waals surface area contributed by atoms with Gasteiger partial charge < -0.3 is 14.4 Å². The van der Waals surface area contributed by atoms with Crippen LogP contribution in [-0.2, 0) is 0 Å². The molecule has 0 aliphatic heterocycles. The molecule has 2 atom stereocenters. The number of carbonyl (C=O) groups excluding carboxylic acids is 1. The number of furan rings is 1. The highest BCUT2D eigenvalue weighted by atomic mass is 79.9. The average Bonchev–Trinajstić information content (AvgIpc) is 2.75. The predicted molar refractivity (Wildman–Crippen MR) is 66.8 cm³/mol. The number of hydrogen-bond acceptors (Lipinski definition) is 3. The van der Waals surface area contributed by atoms with Crippen LogP contribution >= 0.6 is 15.9 Å². The lowest BCUT2D eigenvalue weighted by atomic mass is 9.91.